The van der Waals surface area contributed by atoms with E-state index in [1.165, 1.54) is 6.42 Å². The van der Waals surface area contributed by atoms with Gasteiger partial charge in [-0.25, -0.2) is 0 Å². The van der Waals surface area contributed by atoms with Gasteiger partial charge in [0.15, 0.2) is 0 Å². The summed E-state index contributed by atoms with van der Waals surface area (Å²) in [4.78, 5) is 0. The van der Waals surface area contributed by atoms with Crippen molar-refractivity contribution in [2.45, 2.75) is 32.7 Å². The summed E-state index contributed by atoms with van der Waals surface area (Å²) in [6, 6.07) is 8.14. The molecule has 0 bridgehead atoms. The van der Waals surface area contributed by atoms with Crippen LogP contribution in [0.15, 0.2) is 24.3 Å². The average Bonchev–Trinajstić information content (AvgIpc) is 2.37. The van der Waals surface area contributed by atoms with Crippen LogP contribution in [0.1, 0.15) is 26.7 Å². The largest absolute Gasteiger partial charge is 0.497 e. The molecule has 0 aliphatic heterocycles. The second-order valence-corrected chi connectivity index (χ2v) is 4.03. The normalized spacial score (nSPS) is 12.2. The van der Waals surface area contributed by atoms with Gasteiger partial charge in [-0.15, -0.1) is 0 Å². The summed E-state index contributed by atoms with van der Waals surface area (Å²) in [5.74, 6) is 1.75. The fraction of sp³-hybridized carbons (Fsp3) is 0.571. The molecule has 0 heterocycles. The van der Waals surface area contributed by atoms with E-state index in [2.05, 4.69) is 19.2 Å². The van der Waals surface area contributed by atoms with Gasteiger partial charge in [0.05, 0.1) is 7.11 Å². The third-order valence-corrected chi connectivity index (χ3v) is 2.64. The Balaban J connectivity index is 2.41. The van der Waals surface area contributed by atoms with Crippen molar-refractivity contribution in [1.29, 1.82) is 0 Å². The molecule has 1 rings (SSSR count). The Morgan fingerprint density at radius 3 is 2.29 bits per heavy atom. The standard InChI is InChI=1S/C14H23NO2/c1-4-6-12(15-5-2)11-17-14-9-7-13(16-3)8-10-14/h7-10,12,15H,4-6,11H2,1-3H3. The number of benzene rings is 1. The first-order valence-corrected chi connectivity index (χ1v) is 6.30. The molecule has 1 aromatic rings. The topological polar surface area (TPSA) is 30.5 Å². The van der Waals surface area contributed by atoms with Crippen LogP contribution >= 0.6 is 0 Å². The molecule has 0 saturated carbocycles. The molecule has 17 heavy (non-hydrogen) atoms. The highest BCUT2D eigenvalue weighted by Gasteiger charge is 2.06. The van der Waals surface area contributed by atoms with E-state index in [-0.39, 0.29) is 0 Å². The van der Waals surface area contributed by atoms with Gasteiger partial charge >= 0.3 is 0 Å². The number of nitrogens with one attached hydrogen (secondary N) is 1. The number of hydrogen-bond acceptors (Lipinski definition) is 3. The lowest BCUT2D eigenvalue weighted by molar-refractivity contribution is 0.257. The summed E-state index contributed by atoms with van der Waals surface area (Å²) in [7, 11) is 1.66. The van der Waals surface area contributed by atoms with Crippen LogP contribution in [-0.4, -0.2) is 26.3 Å². The molecule has 1 atom stereocenters. The van der Waals surface area contributed by atoms with Gasteiger partial charge in [-0.2, -0.15) is 0 Å². The van der Waals surface area contributed by atoms with E-state index < -0.39 is 0 Å². The predicted molar refractivity (Wildman–Crippen MR) is 70.9 cm³/mol. The number of hydrogen-bond donors (Lipinski definition) is 1. The number of ether oxygens (including phenoxy) is 2. The minimum atomic E-state index is 0.437. The fourth-order valence-corrected chi connectivity index (χ4v) is 1.75. The fourth-order valence-electron chi connectivity index (χ4n) is 1.75. The summed E-state index contributed by atoms with van der Waals surface area (Å²) < 4.78 is 10.9. The molecule has 0 aliphatic carbocycles. The van der Waals surface area contributed by atoms with Crippen molar-refractivity contribution in [3.8, 4) is 11.5 Å². The molecule has 0 spiro atoms. The Kier molecular flexibility index (Phi) is 6.48. The van der Waals surface area contributed by atoms with E-state index in [4.69, 9.17) is 9.47 Å². The van der Waals surface area contributed by atoms with Crippen molar-refractivity contribution in [3.63, 3.8) is 0 Å². The maximum absolute atomic E-state index is 5.75. The van der Waals surface area contributed by atoms with Crippen LogP contribution in [0.2, 0.25) is 0 Å². The first-order chi connectivity index (χ1) is 8.30. The van der Waals surface area contributed by atoms with Crippen LogP contribution in [0.5, 0.6) is 11.5 Å². The molecule has 3 nitrogen and oxygen atoms in total. The van der Waals surface area contributed by atoms with Crippen LogP contribution in [-0.2, 0) is 0 Å². The van der Waals surface area contributed by atoms with Gasteiger partial charge in [0.2, 0.25) is 0 Å². The molecular weight excluding hydrogens is 214 g/mol. The Morgan fingerprint density at radius 2 is 1.76 bits per heavy atom. The molecule has 1 N–H and O–H groups in total. The van der Waals surface area contributed by atoms with Crippen molar-refractivity contribution in [1.82, 2.24) is 5.32 Å². The molecule has 0 radical (unpaired) electrons. The van der Waals surface area contributed by atoms with Crippen molar-refractivity contribution in [3.05, 3.63) is 24.3 Å². The summed E-state index contributed by atoms with van der Waals surface area (Å²) in [5, 5.41) is 3.43. The van der Waals surface area contributed by atoms with Gasteiger partial charge in [-0.1, -0.05) is 20.3 Å². The molecule has 0 aromatic heterocycles. The lowest BCUT2D eigenvalue weighted by Gasteiger charge is -2.17. The maximum atomic E-state index is 5.75. The highest BCUT2D eigenvalue weighted by molar-refractivity contribution is 5.31. The van der Waals surface area contributed by atoms with E-state index in [9.17, 15) is 0 Å². The third-order valence-electron chi connectivity index (χ3n) is 2.64. The summed E-state index contributed by atoms with van der Waals surface area (Å²) >= 11 is 0. The van der Waals surface area contributed by atoms with Crippen molar-refractivity contribution in [2.75, 3.05) is 20.3 Å². The summed E-state index contributed by atoms with van der Waals surface area (Å²) in [5.41, 5.74) is 0. The van der Waals surface area contributed by atoms with Crippen molar-refractivity contribution >= 4 is 0 Å². The smallest absolute Gasteiger partial charge is 0.119 e. The van der Waals surface area contributed by atoms with Crippen LogP contribution in [0.25, 0.3) is 0 Å². The summed E-state index contributed by atoms with van der Waals surface area (Å²) in [6.45, 7) is 6.01. The average molecular weight is 237 g/mol. The number of rotatable bonds is 8. The first-order valence-electron chi connectivity index (χ1n) is 6.30. The zero-order valence-corrected chi connectivity index (χ0v) is 11.0. The zero-order valence-electron chi connectivity index (χ0n) is 11.0. The first kappa shape index (κ1) is 13.8. The van der Waals surface area contributed by atoms with Gasteiger partial charge in [0, 0.05) is 6.04 Å². The van der Waals surface area contributed by atoms with E-state index in [1.54, 1.807) is 7.11 Å². The summed E-state index contributed by atoms with van der Waals surface area (Å²) in [6.07, 6.45) is 2.31. The highest BCUT2D eigenvalue weighted by Crippen LogP contribution is 2.17. The van der Waals surface area contributed by atoms with E-state index >= 15 is 0 Å². The van der Waals surface area contributed by atoms with E-state index in [0.717, 1.165) is 24.5 Å². The van der Waals surface area contributed by atoms with E-state index in [1.807, 2.05) is 24.3 Å². The Morgan fingerprint density at radius 1 is 1.12 bits per heavy atom. The molecule has 3 heteroatoms. The third kappa shape index (κ3) is 5.09. The zero-order chi connectivity index (χ0) is 12.5. The van der Waals surface area contributed by atoms with Crippen LogP contribution in [0.4, 0.5) is 0 Å². The monoisotopic (exact) mass is 237 g/mol. The van der Waals surface area contributed by atoms with Crippen molar-refractivity contribution < 1.29 is 9.47 Å². The van der Waals surface area contributed by atoms with Crippen LogP contribution in [0.3, 0.4) is 0 Å². The van der Waals surface area contributed by atoms with Crippen molar-refractivity contribution in [2.24, 2.45) is 0 Å². The molecule has 1 unspecified atom stereocenters. The molecule has 96 valence electrons. The second kappa shape index (κ2) is 7.96. The minimum absolute atomic E-state index is 0.437. The van der Waals surface area contributed by atoms with Gasteiger partial charge in [-0.05, 0) is 37.2 Å². The maximum Gasteiger partial charge on any atom is 0.119 e. The lowest BCUT2D eigenvalue weighted by atomic mass is 10.2. The van der Waals surface area contributed by atoms with Gasteiger partial charge < -0.3 is 14.8 Å². The Bertz CT molecular complexity index is 292. The van der Waals surface area contributed by atoms with Crippen LogP contribution < -0.4 is 14.8 Å². The molecule has 1 aromatic carbocycles. The number of methoxy groups -OCH3 is 1. The molecule has 0 aliphatic rings. The molecule has 0 amide bonds. The van der Waals surface area contributed by atoms with Gasteiger partial charge in [-0.3, -0.25) is 0 Å². The Hall–Kier alpha value is -1.22. The highest BCUT2D eigenvalue weighted by atomic mass is 16.5. The molecular formula is C14H23NO2. The predicted octanol–water partition coefficient (Wildman–Crippen LogP) is 2.85. The molecule has 0 fully saturated rings. The lowest BCUT2D eigenvalue weighted by Crippen LogP contribution is -2.34. The second-order valence-electron chi connectivity index (χ2n) is 4.03. The van der Waals surface area contributed by atoms with Crippen LogP contribution in [0, 0.1) is 0 Å². The van der Waals surface area contributed by atoms with E-state index in [0.29, 0.717) is 12.6 Å². The quantitative estimate of drug-likeness (QED) is 0.754. The Labute approximate surface area is 104 Å². The number of likely N-dealkylation sites (N-methyl/N-ethyl adjacent to an activating group) is 1. The minimum Gasteiger partial charge on any atom is -0.497 e. The SMILES string of the molecule is CCCC(COc1ccc(OC)cc1)NCC. The van der Waals surface area contributed by atoms with Gasteiger partial charge in [0.25, 0.3) is 0 Å². The van der Waals surface area contributed by atoms with Gasteiger partial charge in [0.1, 0.15) is 18.1 Å². The molecule has 0 saturated heterocycles.